The van der Waals surface area contributed by atoms with Crippen molar-refractivity contribution in [1.82, 2.24) is 15.5 Å². The summed E-state index contributed by atoms with van der Waals surface area (Å²) >= 11 is 0. The van der Waals surface area contributed by atoms with Crippen LogP contribution < -0.4 is 10.6 Å². The summed E-state index contributed by atoms with van der Waals surface area (Å²) in [6.07, 6.45) is 8.26. The molecule has 0 aliphatic rings. The van der Waals surface area contributed by atoms with E-state index in [4.69, 9.17) is 11.2 Å². The predicted molar refractivity (Wildman–Crippen MR) is 157 cm³/mol. The number of carbonyl (C=O) groups excluding carboxylic acids is 3. The Morgan fingerprint density at radius 2 is 1.77 bits per heavy atom. The third-order valence-corrected chi connectivity index (χ3v) is 6.06. The molecule has 0 saturated carbocycles. The van der Waals surface area contributed by atoms with E-state index in [1.807, 2.05) is 13.8 Å². The molecule has 0 aromatic heterocycles. The van der Waals surface area contributed by atoms with Gasteiger partial charge in [0, 0.05) is 24.6 Å². The molecule has 2 aromatic rings. The molecule has 8 heteroatoms. The van der Waals surface area contributed by atoms with E-state index in [9.17, 15) is 19.5 Å². The first-order valence-electron chi connectivity index (χ1n) is 13.4. The first-order valence-corrected chi connectivity index (χ1v) is 13.4. The lowest BCUT2D eigenvalue weighted by Gasteiger charge is -2.35. The lowest BCUT2D eigenvalue weighted by Crippen LogP contribution is -2.54. The van der Waals surface area contributed by atoms with Crippen LogP contribution in [0.4, 0.5) is 4.79 Å². The molecule has 2 aromatic carbocycles. The smallest absolute Gasteiger partial charge is 0.408 e. The van der Waals surface area contributed by atoms with E-state index >= 15 is 0 Å². The fraction of sp³-hybridized carbons (Fsp3) is 0.406. The molecule has 0 aliphatic heterocycles. The highest BCUT2D eigenvalue weighted by Gasteiger charge is 2.37. The standard InChI is InChI=1S/C32H41N3O5/c1-8-13-22(4)33-29(37)28(26-15-12-11-14-24(26)10-3)35(20-9-2)30(38)27(34-31(39)40-32(5,6)7)21-23-16-18-25(36)19-17-23/h3,9,11-12,14-19,22,27-28,36H,2,8,13,20-21H2,1,4-7H3,(H,33,37)(H,34,39). The van der Waals surface area contributed by atoms with Gasteiger partial charge in [-0.1, -0.05) is 55.7 Å². The minimum Gasteiger partial charge on any atom is -0.508 e. The van der Waals surface area contributed by atoms with Gasteiger partial charge in [0.05, 0.1) is 0 Å². The Bertz CT molecular complexity index is 1210. The Morgan fingerprint density at radius 3 is 2.35 bits per heavy atom. The van der Waals surface area contributed by atoms with E-state index in [1.54, 1.807) is 57.2 Å². The first kappa shape index (κ1) is 32.0. The Balaban J connectivity index is 2.59. The van der Waals surface area contributed by atoms with E-state index in [0.717, 1.165) is 12.8 Å². The van der Waals surface area contributed by atoms with Crippen molar-refractivity contribution in [1.29, 1.82) is 0 Å². The van der Waals surface area contributed by atoms with Gasteiger partial charge in [-0.3, -0.25) is 9.59 Å². The molecule has 0 bridgehead atoms. The zero-order valence-electron chi connectivity index (χ0n) is 24.1. The summed E-state index contributed by atoms with van der Waals surface area (Å²) in [4.78, 5) is 42.3. The summed E-state index contributed by atoms with van der Waals surface area (Å²) in [5.41, 5.74) is 0.859. The van der Waals surface area contributed by atoms with Crippen molar-refractivity contribution < 1.29 is 24.2 Å². The number of benzene rings is 2. The Morgan fingerprint density at radius 1 is 1.12 bits per heavy atom. The molecule has 3 amide bonds. The van der Waals surface area contributed by atoms with Gasteiger partial charge in [0.2, 0.25) is 11.8 Å². The Hall–Kier alpha value is -4.25. The minimum absolute atomic E-state index is 0.0139. The lowest BCUT2D eigenvalue weighted by atomic mass is 9.96. The van der Waals surface area contributed by atoms with Gasteiger partial charge >= 0.3 is 6.09 Å². The summed E-state index contributed by atoms with van der Waals surface area (Å²) in [5, 5.41) is 15.4. The summed E-state index contributed by atoms with van der Waals surface area (Å²) in [6, 6.07) is 11.0. The van der Waals surface area contributed by atoms with E-state index in [2.05, 4.69) is 23.1 Å². The molecule has 3 unspecified atom stereocenters. The number of alkyl carbamates (subject to hydrolysis) is 1. The van der Waals surface area contributed by atoms with Crippen molar-refractivity contribution in [3.05, 3.63) is 77.9 Å². The van der Waals surface area contributed by atoms with Crippen molar-refractivity contribution in [2.24, 2.45) is 0 Å². The number of hydrogen-bond acceptors (Lipinski definition) is 5. The van der Waals surface area contributed by atoms with Crippen molar-refractivity contribution >= 4 is 17.9 Å². The van der Waals surface area contributed by atoms with Crippen molar-refractivity contribution in [2.75, 3.05) is 6.54 Å². The predicted octanol–water partition coefficient (Wildman–Crippen LogP) is 4.87. The molecule has 214 valence electrons. The van der Waals surface area contributed by atoms with E-state index in [-0.39, 0.29) is 30.7 Å². The van der Waals surface area contributed by atoms with E-state index < -0.39 is 29.7 Å². The van der Waals surface area contributed by atoms with Crippen molar-refractivity contribution in [2.45, 2.75) is 77.6 Å². The fourth-order valence-corrected chi connectivity index (χ4v) is 4.32. The summed E-state index contributed by atoms with van der Waals surface area (Å²) in [7, 11) is 0. The Kier molecular flexibility index (Phi) is 11.8. The van der Waals surface area contributed by atoms with Crippen LogP contribution in [0.5, 0.6) is 5.75 Å². The number of nitrogens with zero attached hydrogens (tertiary/aromatic N) is 1. The summed E-state index contributed by atoms with van der Waals surface area (Å²) < 4.78 is 5.44. The molecule has 0 aliphatic carbocycles. The maximum atomic E-state index is 14.3. The van der Waals surface area contributed by atoms with E-state index in [0.29, 0.717) is 16.7 Å². The third kappa shape index (κ3) is 9.49. The molecule has 8 nitrogen and oxygen atoms in total. The van der Waals surface area contributed by atoms with Crippen LogP contribution in [0, 0.1) is 12.3 Å². The molecule has 0 heterocycles. The quantitative estimate of drug-likeness (QED) is 0.260. The second kappa shape index (κ2) is 14.8. The van der Waals surface area contributed by atoms with Crippen LogP contribution in [-0.2, 0) is 20.7 Å². The van der Waals surface area contributed by atoms with Crippen LogP contribution in [0.25, 0.3) is 0 Å². The number of hydrogen-bond donors (Lipinski definition) is 3. The largest absolute Gasteiger partial charge is 0.508 e. The fourth-order valence-electron chi connectivity index (χ4n) is 4.32. The normalized spacial score (nSPS) is 13.2. The molecule has 0 fully saturated rings. The van der Waals surface area contributed by atoms with Gasteiger partial charge in [-0.05, 0) is 63.4 Å². The van der Waals surface area contributed by atoms with E-state index in [1.165, 1.54) is 23.1 Å². The lowest BCUT2D eigenvalue weighted by molar-refractivity contribution is -0.142. The Labute approximate surface area is 237 Å². The zero-order chi connectivity index (χ0) is 29.9. The number of amides is 3. The molecule has 3 atom stereocenters. The monoisotopic (exact) mass is 547 g/mol. The van der Waals surface area contributed by atoms with Crippen LogP contribution in [0.1, 0.15) is 70.2 Å². The van der Waals surface area contributed by atoms with Gasteiger partial charge in [0.25, 0.3) is 0 Å². The number of phenolic OH excluding ortho intramolecular Hbond substituents is 1. The average Bonchev–Trinajstić information content (AvgIpc) is 2.88. The molecule has 3 N–H and O–H groups in total. The number of rotatable bonds is 12. The second-order valence-electron chi connectivity index (χ2n) is 10.7. The number of terminal acetylenes is 1. The zero-order valence-corrected chi connectivity index (χ0v) is 24.1. The molecular weight excluding hydrogens is 506 g/mol. The van der Waals surface area contributed by atoms with Crippen LogP contribution in [0.2, 0.25) is 0 Å². The summed E-state index contributed by atoms with van der Waals surface area (Å²) in [6.45, 7) is 12.9. The van der Waals surface area contributed by atoms with Crippen LogP contribution >= 0.6 is 0 Å². The molecule has 40 heavy (non-hydrogen) atoms. The van der Waals surface area contributed by atoms with Gasteiger partial charge in [0.1, 0.15) is 23.4 Å². The van der Waals surface area contributed by atoms with Crippen LogP contribution in [0.15, 0.2) is 61.2 Å². The first-order chi connectivity index (χ1) is 18.9. The van der Waals surface area contributed by atoms with Gasteiger partial charge < -0.3 is 25.4 Å². The van der Waals surface area contributed by atoms with Crippen LogP contribution in [0.3, 0.4) is 0 Å². The van der Waals surface area contributed by atoms with Crippen molar-refractivity contribution in [3.8, 4) is 18.1 Å². The highest BCUT2D eigenvalue weighted by atomic mass is 16.6. The summed E-state index contributed by atoms with van der Waals surface area (Å²) in [5.74, 6) is 1.78. The SMILES string of the molecule is C#Cc1ccccc1C(C(=O)NC(C)CCC)N(CC=C)C(=O)C(Cc1ccc(O)cc1)NC(=O)OC(C)(C)C. The maximum Gasteiger partial charge on any atom is 0.408 e. The molecule has 0 saturated heterocycles. The third-order valence-electron chi connectivity index (χ3n) is 6.06. The van der Waals surface area contributed by atoms with Gasteiger partial charge in [0.15, 0.2) is 0 Å². The molecule has 0 spiro atoms. The van der Waals surface area contributed by atoms with Gasteiger partial charge in [-0.2, -0.15) is 0 Å². The van der Waals surface area contributed by atoms with Gasteiger partial charge in [-0.15, -0.1) is 13.0 Å². The minimum atomic E-state index is -1.10. The topological polar surface area (TPSA) is 108 Å². The maximum absolute atomic E-state index is 14.3. The van der Waals surface area contributed by atoms with Crippen molar-refractivity contribution in [3.63, 3.8) is 0 Å². The number of phenols is 1. The second-order valence-corrected chi connectivity index (χ2v) is 10.7. The number of carbonyl (C=O) groups is 3. The highest BCUT2D eigenvalue weighted by Crippen LogP contribution is 2.27. The molecule has 0 radical (unpaired) electrons. The number of nitrogens with one attached hydrogen (secondary N) is 2. The number of aromatic hydroxyl groups is 1. The molecular formula is C32H41N3O5. The van der Waals surface area contributed by atoms with Crippen LogP contribution in [-0.4, -0.2) is 52.1 Å². The van der Waals surface area contributed by atoms with Gasteiger partial charge in [-0.25, -0.2) is 4.79 Å². The average molecular weight is 548 g/mol. The highest BCUT2D eigenvalue weighted by molar-refractivity contribution is 5.93. The molecule has 2 rings (SSSR count). The number of ether oxygens (including phenoxy) is 1.